The summed E-state index contributed by atoms with van der Waals surface area (Å²) >= 11 is 0. The van der Waals surface area contributed by atoms with Crippen LogP contribution in [0.2, 0.25) is 12.6 Å². The molecular weight excluding hydrogens is 489 g/mol. The highest BCUT2D eigenvalue weighted by Gasteiger charge is 2.37. The van der Waals surface area contributed by atoms with Crippen LogP contribution in [0.15, 0.2) is 54.9 Å². The first kappa shape index (κ1) is 25.2. The minimum atomic E-state index is -1.05. The fourth-order valence-electron chi connectivity index (χ4n) is 4.68. The molecule has 0 radical (unpaired) electrons. The lowest BCUT2D eigenvalue weighted by molar-refractivity contribution is 0.0237. The summed E-state index contributed by atoms with van der Waals surface area (Å²) in [5.74, 6) is 0.705. The number of fused-ring (bicyclic) bond motifs is 1. The minimum absolute atomic E-state index is 0.0213. The van der Waals surface area contributed by atoms with Crippen molar-refractivity contribution in [1.29, 1.82) is 16.1 Å². The third-order valence-corrected chi connectivity index (χ3v) is 6.81. The summed E-state index contributed by atoms with van der Waals surface area (Å²) in [7, 11) is 0. The molecule has 9 nitrogen and oxygen atoms in total. The normalized spacial score (nSPS) is 14.7. The van der Waals surface area contributed by atoms with Gasteiger partial charge in [-0.3, -0.25) is 20.8 Å². The molecule has 0 bridgehead atoms. The van der Waals surface area contributed by atoms with Crippen molar-refractivity contribution in [2.45, 2.75) is 31.1 Å². The van der Waals surface area contributed by atoms with Gasteiger partial charge in [-0.15, -0.1) is 0 Å². The van der Waals surface area contributed by atoms with Crippen molar-refractivity contribution in [2.75, 3.05) is 11.9 Å². The van der Waals surface area contributed by atoms with Gasteiger partial charge in [0, 0.05) is 35.6 Å². The van der Waals surface area contributed by atoms with Gasteiger partial charge in [-0.25, -0.2) is 14.0 Å². The van der Waals surface area contributed by atoms with Crippen LogP contribution in [0.1, 0.15) is 18.4 Å². The fraction of sp³-hybridized carbons (Fsp3) is 0.231. The van der Waals surface area contributed by atoms with Gasteiger partial charge in [-0.05, 0) is 49.2 Å². The molecule has 12 heteroatoms. The van der Waals surface area contributed by atoms with E-state index in [9.17, 15) is 13.9 Å². The van der Waals surface area contributed by atoms with E-state index >= 15 is 0 Å². The van der Waals surface area contributed by atoms with E-state index < -0.39 is 17.2 Å². The van der Waals surface area contributed by atoms with Crippen LogP contribution in [0.3, 0.4) is 0 Å². The van der Waals surface area contributed by atoms with Gasteiger partial charge in [0.1, 0.15) is 28.5 Å². The SMILES string of the molecule is N#CB1CCC(O)(c2cnc3c(NCC(=N)n4nc(-c5cc(F)cc(F)c5)ccc4=N)ccnc3c2)CC1. The Morgan fingerprint density at radius 3 is 2.58 bits per heavy atom. The lowest BCUT2D eigenvalue weighted by Crippen LogP contribution is -2.34. The molecule has 4 heterocycles. The third kappa shape index (κ3) is 5.01. The molecule has 4 aromatic rings. The van der Waals surface area contributed by atoms with Crippen LogP contribution in [0, 0.1) is 33.7 Å². The highest BCUT2D eigenvalue weighted by atomic mass is 19.1. The number of nitrogens with zero attached hydrogens (tertiary/aromatic N) is 5. The van der Waals surface area contributed by atoms with Crippen molar-refractivity contribution < 1.29 is 13.9 Å². The quantitative estimate of drug-likeness (QED) is 0.182. The van der Waals surface area contributed by atoms with Crippen LogP contribution >= 0.6 is 0 Å². The van der Waals surface area contributed by atoms with Gasteiger partial charge in [-0.1, -0.05) is 12.6 Å². The van der Waals surface area contributed by atoms with Gasteiger partial charge in [0.05, 0.1) is 29.0 Å². The first-order valence-electron chi connectivity index (χ1n) is 12.1. The number of benzene rings is 1. The Kier molecular flexibility index (Phi) is 6.69. The number of aliphatic hydroxyl groups is 1. The van der Waals surface area contributed by atoms with E-state index in [1.54, 1.807) is 24.5 Å². The Morgan fingerprint density at radius 1 is 1.13 bits per heavy atom. The summed E-state index contributed by atoms with van der Waals surface area (Å²) < 4.78 is 28.4. The van der Waals surface area contributed by atoms with Crippen LogP contribution in [-0.2, 0) is 5.60 Å². The maximum absolute atomic E-state index is 13.7. The molecule has 0 spiro atoms. The van der Waals surface area contributed by atoms with E-state index in [0.717, 1.165) is 22.9 Å². The molecule has 38 heavy (non-hydrogen) atoms. The summed E-state index contributed by atoms with van der Waals surface area (Å²) in [6, 6.07) is 9.40. The molecule has 1 aliphatic heterocycles. The summed E-state index contributed by atoms with van der Waals surface area (Å²) in [6.07, 6.45) is 5.43. The Morgan fingerprint density at radius 2 is 1.87 bits per heavy atom. The second-order valence-corrected chi connectivity index (χ2v) is 9.36. The number of pyridine rings is 2. The zero-order chi connectivity index (χ0) is 26.9. The molecule has 1 saturated heterocycles. The number of hydrogen-bond acceptors (Lipinski definition) is 8. The number of nitriles is 1. The van der Waals surface area contributed by atoms with E-state index in [-0.39, 0.29) is 35.8 Å². The molecule has 3 aromatic heterocycles. The number of nitrogens with one attached hydrogen (secondary N) is 3. The van der Waals surface area contributed by atoms with Gasteiger partial charge >= 0.3 is 0 Å². The Balaban J connectivity index is 1.36. The monoisotopic (exact) mass is 512 g/mol. The van der Waals surface area contributed by atoms with Crippen molar-refractivity contribution in [3.63, 3.8) is 0 Å². The molecule has 0 saturated carbocycles. The average Bonchev–Trinajstić information content (AvgIpc) is 2.91. The highest BCUT2D eigenvalue weighted by Crippen LogP contribution is 2.38. The van der Waals surface area contributed by atoms with Crippen LogP contribution in [0.5, 0.6) is 0 Å². The predicted octanol–water partition coefficient (Wildman–Crippen LogP) is 3.73. The summed E-state index contributed by atoms with van der Waals surface area (Å²) in [4.78, 5) is 8.92. The molecule has 0 aliphatic carbocycles. The molecule has 5 rings (SSSR count). The number of halogens is 2. The van der Waals surface area contributed by atoms with Crippen LogP contribution < -0.4 is 10.8 Å². The van der Waals surface area contributed by atoms with Gasteiger partial charge in [0.15, 0.2) is 0 Å². The molecular formula is C26H23BF2N8O. The van der Waals surface area contributed by atoms with E-state index in [1.165, 1.54) is 12.1 Å². The van der Waals surface area contributed by atoms with E-state index in [2.05, 4.69) is 26.4 Å². The number of rotatable bonds is 5. The summed E-state index contributed by atoms with van der Waals surface area (Å²) in [5.41, 5.74) is 1.66. The zero-order valence-electron chi connectivity index (χ0n) is 20.2. The Hall–Kier alpha value is -4.50. The first-order valence-corrected chi connectivity index (χ1v) is 12.1. The lowest BCUT2D eigenvalue weighted by Gasteiger charge is -2.33. The van der Waals surface area contributed by atoms with Crippen LogP contribution in [-0.4, -0.2) is 43.9 Å². The van der Waals surface area contributed by atoms with E-state index in [1.807, 2.05) is 0 Å². The second kappa shape index (κ2) is 10.1. The topological polar surface area (TPSA) is 147 Å². The van der Waals surface area contributed by atoms with Crippen molar-refractivity contribution in [3.05, 3.63) is 77.5 Å². The zero-order valence-corrected chi connectivity index (χ0v) is 20.2. The molecule has 0 amide bonds. The minimum Gasteiger partial charge on any atom is -0.385 e. The molecule has 1 aliphatic rings. The van der Waals surface area contributed by atoms with Gasteiger partial charge in [0.25, 0.3) is 6.71 Å². The molecule has 1 fully saturated rings. The van der Waals surface area contributed by atoms with E-state index in [0.29, 0.717) is 47.8 Å². The van der Waals surface area contributed by atoms with Gasteiger partial charge in [-0.2, -0.15) is 9.78 Å². The largest absolute Gasteiger partial charge is 0.385 e. The number of hydrogen-bond donors (Lipinski definition) is 4. The molecule has 0 unspecified atom stereocenters. The molecule has 1 aromatic carbocycles. The molecule has 0 atom stereocenters. The van der Waals surface area contributed by atoms with Crippen molar-refractivity contribution >= 4 is 29.3 Å². The van der Waals surface area contributed by atoms with Crippen molar-refractivity contribution in [2.24, 2.45) is 0 Å². The predicted molar refractivity (Wildman–Crippen MR) is 139 cm³/mol. The second-order valence-electron chi connectivity index (χ2n) is 9.36. The van der Waals surface area contributed by atoms with Crippen LogP contribution in [0.4, 0.5) is 14.5 Å². The van der Waals surface area contributed by atoms with Gasteiger partial charge in [0.2, 0.25) is 0 Å². The smallest absolute Gasteiger partial charge is 0.268 e. The summed E-state index contributed by atoms with van der Waals surface area (Å²) in [6.45, 7) is -0.0627. The Labute approximate surface area is 216 Å². The molecule has 190 valence electrons. The first-order chi connectivity index (χ1) is 18.3. The fourth-order valence-corrected chi connectivity index (χ4v) is 4.68. The maximum atomic E-state index is 13.7. The van der Waals surface area contributed by atoms with Crippen molar-refractivity contribution in [3.8, 4) is 17.2 Å². The number of aromatic nitrogens is 4. The third-order valence-electron chi connectivity index (χ3n) is 6.81. The highest BCUT2D eigenvalue weighted by molar-refractivity contribution is 6.67. The van der Waals surface area contributed by atoms with Crippen molar-refractivity contribution in [1.82, 2.24) is 19.7 Å². The summed E-state index contributed by atoms with van der Waals surface area (Å²) in [5, 5.41) is 44.3. The Bertz CT molecular complexity index is 1620. The standard InChI is InChI=1S/C26H23BF2N8O/c28-18-9-16(10-19(29)12-18)20-1-2-23(31)37(36-20)24(32)14-34-21-3-8-33-22-11-17(13-35-25(21)22)26(38)4-6-27(15-30)7-5-26/h1-3,8-13,31-32,38H,4-7,14H2,(H,33,34). The van der Waals surface area contributed by atoms with Gasteiger partial charge < -0.3 is 10.4 Å². The van der Waals surface area contributed by atoms with E-state index in [4.69, 9.17) is 16.1 Å². The maximum Gasteiger partial charge on any atom is 0.268 e. The average molecular weight is 512 g/mol. The van der Waals surface area contributed by atoms with Crippen LogP contribution in [0.25, 0.3) is 22.3 Å². The number of anilines is 1. The molecule has 4 N–H and O–H groups in total. The lowest BCUT2D eigenvalue weighted by atomic mass is 9.41.